The maximum Gasteiger partial charge on any atom is 0.217 e. The summed E-state index contributed by atoms with van der Waals surface area (Å²) in [6, 6.07) is 2.63. The van der Waals surface area contributed by atoms with Gasteiger partial charge in [-0.3, -0.25) is 14.3 Å². The summed E-state index contributed by atoms with van der Waals surface area (Å²) in [7, 11) is 0. The summed E-state index contributed by atoms with van der Waals surface area (Å²) in [5.41, 5.74) is 0.808. The molecule has 4 N–H and O–H groups in total. The van der Waals surface area contributed by atoms with E-state index >= 15 is 0 Å². The fraction of sp³-hybridized carbons (Fsp3) is 0.600. The van der Waals surface area contributed by atoms with E-state index in [2.05, 4.69) is 22.3 Å². The highest BCUT2D eigenvalue weighted by Crippen LogP contribution is 2.30. The standard InChI is InChI=1S/C20H29N5O5S/c1-3-4-5-10-24-18(13-6-8-21-9-7-13)23-25(20(24)31)19-15(22-12(2)27)17(29)16(28)14(11-26)30-19/h6-9,14-17,19,26,28-29H,3-5,10-11H2,1-2H3,(H,22,27)/t14-,15+,16+,17+,19-/m1/s1. The van der Waals surface area contributed by atoms with E-state index in [1.54, 1.807) is 12.4 Å². The number of rotatable bonds is 8. The van der Waals surface area contributed by atoms with E-state index in [-0.39, 0.29) is 0 Å². The summed E-state index contributed by atoms with van der Waals surface area (Å²) in [5.74, 6) is 0.199. The van der Waals surface area contributed by atoms with Gasteiger partial charge in [0.2, 0.25) is 10.7 Å². The zero-order chi connectivity index (χ0) is 22.5. The smallest absolute Gasteiger partial charge is 0.217 e. The van der Waals surface area contributed by atoms with Crippen LogP contribution in [0.5, 0.6) is 0 Å². The van der Waals surface area contributed by atoms with E-state index in [1.807, 2.05) is 16.7 Å². The number of aliphatic hydroxyl groups excluding tert-OH is 3. The monoisotopic (exact) mass is 451 g/mol. The Morgan fingerprint density at radius 1 is 1.26 bits per heavy atom. The Labute approximate surface area is 185 Å². The fourth-order valence-electron chi connectivity index (χ4n) is 3.71. The van der Waals surface area contributed by atoms with Crippen LogP contribution in [-0.4, -0.2) is 71.5 Å². The Morgan fingerprint density at radius 2 is 1.97 bits per heavy atom. The first kappa shape index (κ1) is 23.5. The molecular weight excluding hydrogens is 422 g/mol. The van der Waals surface area contributed by atoms with Gasteiger partial charge in [-0.25, -0.2) is 4.68 Å². The lowest BCUT2D eigenvalue weighted by Gasteiger charge is -2.42. The first-order valence-corrected chi connectivity index (χ1v) is 10.8. The topological polar surface area (TPSA) is 135 Å². The lowest BCUT2D eigenvalue weighted by atomic mass is 9.96. The van der Waals surface area contributed by atoms with Gasteiger partial charge < -0.3 is 25.4 Å². The van der Waals surface area contributed by atoms with Crippen LogP contribution >= 0.6 is 12.2 Å². The summed E-state index contributed by atoms with van der Waals surface area (Å²) in [4.78, 5) is 15.8. The van der Waals surface area contributed by atoms with Crippen molar-refractivity contribution in [3.8, 4) is 11.4 Å². The van der Waals surface area contributed by atoms with Crippen LogP contribution in [0.3, 0.4) is 0 Å². The molecule has 11 heteroatoms. The molecule has 1 aliphatic heterocycles. The van der Waals surface area contributed by atoms with Crippen molar-refractivity contribution < 1.29 is 24.9 Å². The van der Waals surface area contributed by atoms with Crippen molar-refractivity contribution in [3.63, 3.8) is 0 Å². The minimum Gasteiger partial charge on any atom is -0.394 e. The molecule has 0 unspecified atom stereocenters. The third-order valence-corrected chi connectivity index (χ3v) is 5.73. The van der Waals surface area contributed by atoms with Crippen molar-refractivity contribution in [1.82, 2.24) is 24.6 Å². The summed E-state index contributed by atoms with van der Waals surface area (Å²) >= 11 is 5.70. The summed E-state index contributed by atoms with van der Waals surface area (Å²) in [6.45, 7) is 3.54. The average Bonchev–Trinajstić information content (AvgIpc) is 3.08. The molecule has 5 atom stereocenters. The molecule has 1 amide bonds. The van der Waals surface area contributed by atoms with Crippen molar-refractivity contribution in [2.45, 2.75) is 70.2 Å². The van der Waals surface area contributed by atoms with Crippen LogP contribution in [0.2, 0.25) is 0 Å². The molecule has 0 aliphatic carbocycles. The highest BCUT2D eigenvalue weighted by molar-refractivity contribution is 7.71. The molecule has 31 heavy (non-hydrogen) atoms. The maximum absolute atomic E-state index is 11.8. The summed E-state index contributed by atoms with van der Waals surface area (Å²) in [5, 5.41) is 37.8. The van der Waals surface area contributed by atoms with Crippen LogP contribution < -0.4 is 5.32 Å². The molecular formula is C20H29N5O5S. The SMILES string of the molecule is CCCCCn1c(-c2ccncc2)nn([C@@H]2O[C@H](CO)[C@H](O)[C@@H](O)[C@@H]2NC(C)=O)c1=S. The van der Waals surface area contributed by atoms with E-state index in [1.165, 1.54) is 11.6 Å². The number of pyridine rings is 1. The van der Waals surface area contributed by atoms with Crippen LogP contribution in [0.4, 0.5) is 0 Å². The van der Waals surface area contributed by atoms with Crippen molar-refractivity contribution in [2.75, 3.05) is 6.61 Å². The van der Waals surface area contributed by atoms with Crippen molar-refractivity contribution in [1.29, 1.82) is 0 Å². The van der Waals surface area contributed by atoms with Gasteiger partial charge in [-0.15, -0.1) is 5.10 Å². The number of aromatic nitrogens is 4. The number of carbonyl (C=O) groups is 1. The van der Waals surface area contributed by atoms with Gasteiger partial charge in [0.1, 0.15) is 24.4 Å². The maximum atomic E-state index is 11.8. The summed E-state index contributed by atoms with van der Waals surface area (Å²) in [6.07, 6.45) is 1.46. The normalized spacial score (nSPS) is 26.0. The highest BCUT2D eigenvalue weighted by atomic mass is 32.1. The predicted octanol–water partition coefficient (Wildman–Crippen LogP) is 0.782. The Bertz CT molecular complexity index is 934. The molecule has 3 heterocycles. The molecule has 2 aromatic heterocycles. The van der Waals surface area contributed by atoms with Gasteiger partial charge in [0.05, 0.1) is 6.61 Å². The van der Waals surface area contributed by atoms with Gasteiger partial charge in [-0.2, -0.15) is 0 Å². The van der Waals surface area contributed by atoms with Crippen molar-refractivity contribution >= 4 is 18.1 Å². The number of hydrogen-bond donors (Lipinski definition) is 4. The number of unbranched alkanes of at least 4 members (excludes halogenated alkanes) is 2. The average molecular weight is 452 g/mol. The van der Waals surface area contributed by atoms with Gasteiger partial charge in [-0.05, 0) is 30.8 Å². The van der Waals surface area contributed by atoms with E-state index in [0.717, 1.165) is 24.8 Å². The van der Waals surface area contributed by atoms with Gasteiger partial charge in [-0.1, -0.05) is 19.8 Å². The second-order valence-electron chi connectivity index (χ2n) is 7.60. The molecule has 0 spiro atoms. The van der Waals surface area contributed by atoms with Crippen molar-refractivity contribution in [3.05, 3.63) is 29.3 Å². The van der Waals surface area contributed by atoms with Gasteiger partial charge in [0.15, 0.2) is 12.1 Å². The second-order valence-corrected chi connectivity index (χ2v) is 7.97. The minimum absolute atomic E-state index is 0.351. The highest BCUT2D eigenvalue weighted by Gasteiger charge is 2.46. The Kier molecular flexibility index (Phi) is 7.89. The first-order chi connectivity index (χ1) is 14.9. The van der Waals surface area contributed by atoms with Crippen LogP contribution in [0.1, 0.15) is 39.3 Å². The lowest BCUT2D eigenvalue weighted by Crippen LogP contribution is -2.62. The molecule has 0 bridgehead atoms. The number of hydrogen-bond acceptors (Lipinski definition) is 8. The zero-order valence-electron chi connectivity index (χ0n) is 17.6. The number of carbonyl (C=O) groups excluding carboxylic acids is 1. The van der Waals surface area contributed by atoms with Gasteiger partial charge >= 0.3 is 0 Å². The second kappa shape index (κ2) is 10.4. The lowest BCUT2D eigenvalue weighted by molar-refractivity contribution is -0.219. The largest absolute Gasteiger partial charge is 0.394 e. The fourth-order valence-corrected chi connectivity index (χ4v) is 4.03. The molecule has 3 rings (SSSR count). The van der Waals surface area contributed by atoms with Crippen LogP contribution in [0.15, 0.2) is 24.5 Å². The molecule has 0 aromatic carbocycles. The quantitative estimate of drug-likeness (QED) is 0.342. The third kappa shape index (κ3) is 5.01. The number of nitrogens with one attached hydrogen (secondary N) is 1. The predicted molar refractivity (Wildman–Crippen MR) is 114 cm³/mol. The Hall–Kier alpha value is -2.18. The van der Waals surface area contributed by atoms with Gasteiger partial charge in [0, 0.05) is 31.4 Å². The molecule has 1 aliphatic rings. The Morgan fingerprint density at radius 3 is 2.58 bits per heavy atom. The molecule has 0 saturated carbocycles. The first-order valence-electron chi connectivity index (χ1n) is 10.4. The number of nitrogens with zero attached hydrogens (tertiary/aromatic N) is 4. The van der Waals surface area contributed by atoms with Crippen LogP contribution in [0.25, 0.3) is 11.4 Å². The van der Waals surface area contributed by atoms with E-state index in [4.69, 9.17) is 17.0 Å². The van der Waals surface area contributed by atoms with Crippen LogP contribution in [0, 0.1) is 4.77 Å². The number of aliphatic hydroxyl groups is 3. The Balaban J connectivity index is 2.08. The molecule has 1 saturated heterocycles. The zero-order valence-corrected chi connectivity index (χ0v) is 18.4. The third-order valence-electron chi connectivity index (χ3n) is 5.32. The van der Waals surface area contributed by atoms with Gasteiger partial charge in [0.25, 0.3) is 0 Å². The van der Waals surface area contributed by atoms with Crippen molar-refractivity contribution in [2.24, 2.45) is 0 Å². The van der Waals surface area contributed by atoms with Crippen LogP contribution in [-0.2, 0) is 16.1 Å². The number of amides is 1. The molecule has 1 fully saturated rings. The summed E-state index contributed by atoms with van der Waals surface area (Å²) < 4.78 is 9.53. The molecule has 170 valence electrons. The minimum atomic E-state index is -1.38. The van der Waals surface area contributed by atoms with E-state index in [0.29, 0.717) is 17.1 Å². The van der Waals surface area contributed by atoms with E-state index in [9.17, 15) is 20.1 Å². The molecule has 0 radical (unpaired) electrons. The molecule has 10 nitrogen and oxygen atoms in total. The van der Waals surface area contributed by atoms with E-state index < -0.39 is 43.1 Å². The number of ether oxygens (including phenoxy) is 1. The molecule has 2 aromatic rings.